The van der Waals surface area contributed by atoms with Crippen molar-refractivity contribution in [2.45, 2.75) is 19.4 Å². The molecule has 0 bridgehead atoms. The van der Waals surface area contributed by atoms with Crippen molar-refractivity contribution in [2.75, 3.05) is 6.54 Å². The molecule has 18 heavy (non-hydrogen) atoms. The first-order chi connectivity index (χ1) is 8.83. The fourth-order valence-corrected chi connectivity index (χ4v) is 2.09. The third kappa shape index (κ3) is 3.06. The number of aromatic nitrogens is 2. The molecule has 0 fully saturated rings. The molecule has 2 rings (SSSR count). The van der Waals surface area contributed by atoms with Gasteiger partial charge in [-0.15, -0.1) is 0 Å². The van der Waals surface area contributed by atoms with Crippen molar-refractivity contribution in [3.63, 3.8) is 0 Å². The Morgan fingerprint density at radius 2 is 2.06 bits per heavy atom. The van der Waals surface area contributed by atoms with Gasteiger partial charge in [0.1, 0.15) is 0 Å². The van der Waals surface area contributed by atoms with Crippen LogP contribution in [0.2, 0.25) is 5.02 Å². The fraction of sp³-hybridized carbons (Fsp3) is 0.286. The minimum Gasteiger partial charge on any atom is -0.306 e. The molecule has 2 aromatic heterocycles. The van der Waals surface area contributed by atoms with E-state index in [9.17, 15) is 0 Å². The van der Waals surface area contributed by atoms with Crippen LogP contribution < -0.4 is 5.32 Å². The molecule has 0 saturated heterocycles. The van der Waals surface area contributed by atoms with Crippen LogP contribution in [0.4, 0.5) is 0 Å². The number of halogens is 1. The minimum absolute atomic E-state index is 0.0640. The van der Waals surface area contributed by atoms with Crippen molar-refractivity contribution in [3.8, 4) is 0 Å². The Bertz CT molecular complexity index is 487. The molecule has 2 aromatic rings. The lowest BCUT2D eigenvalue weighted by atomic mass is 10.0. The van der Waals surface area contributed by atoms with E-state index < -0.39 is 0 Å². The van der Waals surface area contributed by atoms with E-state index >= 15 is 0 Å². The molecule has 4 heteroatoms. The van der Waals surface area contributed by atoms with E-state index in [-0.39, 0.29) is 6.04 Å². The van der Waals surface area contributed by atoms with Crippen LogP contribution in [0.25, 0.3) is 0 Å². The van der Waals surface area contributed by atoms with E-state index in [1.807, 2.05) is 18.3 Å². The first-order valence-corrected chi connectivity index (χ1v) is 6.43. The van der Waals surface area contributed by atoms with Crippen LogP contribution in [0.15, 0.2) is 43.0 Å². The fourth-order valence-electron chi connectivity index (χ4n) is 1.86. The highest BCUT2D eigenvalue weighted by molar-refractivity contribution is 6.31. The van der Waals surface area contributed by atoms with Crippen molar-refractivity contribution in [3.05, 3.63) is 59.1 Å². The SMILES string of the molecule is CCCNC(c1cccnc1)c1ccncc1Cl. The molecule has 0 radical (unpaired) electrons. The average molecular weight is 262 g/mol. The molecule has 0 saturated carbocycles. The molecule has 0 spiro atoms. The maximum atomic E-state index is 6.22. The second-order valence-corrected chi connectivity index (χ2v) is 4.48. The highest BCUT2D eigenvalue weighted by Gasteiger charge is 2.16. The van der Waals surface area contributed by atoms with Gasteiger partial charge in [0.15, 0.2) is 0 Å². The van der Waals surface area contributed by atoms with Gasteiger partial charge in [0, 0.05) is 24.8 Å². The van der Waals surface area contributed by atoms with E-state index in [0.717, 1.165) is 24.1 Å². The Morgan fingerprint density at radius 3 is 2.72 bits per heavy atom. The van der Waals surface area contributed by atoms with Crippen molar-refractivity contribution in [1.82, 2.24) is 15.3 Å². The van der Waals surface area contributed by atoms with Crippen molar-refractivity contribution in [1.29, 1.82) is 0 Å². The summed E-state index contributed by atoms with van der Waals surface area (Å²) in [6.45, 7) is 3.07. The Morgan fingerprint density at radius 1 is 1.22 bits per heavy atom. The van der Waals surface area contributed by atoms with Gasteiger partial charge in [-0.3, -0.25) is 9.97 Å². The summed E-state index contributed by atoms with van der Waals surface area (Å²) >= 11 is 6.22. The topological polar surface area (TPSA) is 37.8 Å². The van der Waals surface area contributed by atoms with Crippen LogP contribution in [0.3, 0.4) is 0 Å². The van der Waals surface area contributed by atoms with Gasteiger partial charge >= 0.3 is 0 Å². The quantitative estimate of drug-likeness (QED) is 0.898. The molecule has 0 aromatic carbocycles. The third-order valence-electron chi connectivity index (χ3n) is 2.73. The number of pyridine rings is 2. The standard InChI is InChI=1S/C14H16ClN3/c1-2-6-18-14(11-4-3-7-16-9-11)12-5-8-17-10-13(12)15/h3-5,7-10,14,18H,2,6H2,1H3. The third-order valence-corrected chi connectivity index (χ3v) is 3.05. The van der Waals surface area contributed by atoms with Gasteiger partial charge in [0.05, 0.1) is 11.1 Å². The van der Waals surface area contributed by atoms with E-state index in [1.165, 1.54) is 0 Å². The number of hydrogen-bond donors (Lipinski definition) is 1. The minimum atomic E-state index is 0.0640. The molecule has 0 aliphatic heterocycles. The number of nitrogens with one attached hydrogen (secondary N) is 1. The lowest BCUT2D eigenvalue weighted by Gasteiger charge is -2.20. The molecule has 94 valence electrons. The summed E-state index contributed by atoms with van der Waals surface area (Å²) in [5.41, 5.74) is 2.15. The predicted molar refractivity (Wildman–Crippen MR) is 73.6 cm³/mol. The first-order valence-electron chi connectivity index (χ1n) is 6.05. The van der Waals surface area contributed by atoms with Gasteiger partial charge in [-0.05, 0) is 36.2 Å². The Hall–Kier alpha value is -1.45. The van der Waals surface area contributed by atoms with Crippen LogP contribution in [-0.2, 0) is 0 Å². The smallest absolute Gasteiger partial charge is 0.0640 e. The van der Waals surface area contributed by atoms with Gasteiger partial charge < -0.3 is 5.32 Å². The molecule has 0 aliphatic carbocycles. The monoisotopic (exact) mass is 261 g/mol. The maximum absolute atomic E-state index is 6.22. The summed E-state index contributed by atoms with van der Waals surface area (Å²) in [6.07, 6.45) is 8.14. The van der Waals surface area contributed by atoms with E-state index in [4.69, 9.17) is 11.6 Å². The zero-order chi connectivity index (χ0) is 12.8. The number of hydrogen-bond acceptors (Lipinski definition) is 3. The van der Waals surface area contributed by atoms with Crippen LogP contribution >= 0.6 is 11.6 Å². The highest BCUT2D eigenvalue weighted by Crippen LogP contribution is 2.26. The summed E-state index contributed by atoms with van der Waals surface area (Å²) in [4.78, 5) is 8.20. The molecular weight excluding hydrogens is 246 g/mol. The van der Waals surface area contributed by atoms with E-state index in [1.54, 1.807) is 18.6 Å². The predicted octanol–water partition coefficient (Wildman–Crippen LogP) is 3.22. The summed E-state index contributed by atoms with van der Waals surface area (Å²) in [5.74, 6) is 0. The molecule has 1 unspecified atom stereocenters. The Balaban J connectivity index is 2.34. The molecule has 2 heterocycles. The highest BCUT2D eigenvalue weighted by atomic mass is 35.5. The average Bonchev–Trinajstić information content (AvgIpc) is 2.42. The Kier molecular flexibility index (Phi) is 4.67. The summed E-state index contributed by atoms with van der Waals surface area (Å²) in [6, 6.07) is 6.00. The zero-order valence-corrected chi connectivity index (χ0v) is 11.1. The van der Waals surface area contributed by atoms with Crippen LogP contribution in [0.1, 0.15) is 30.5 Å². The maximum Gasteiger partial charge on any atom is 0.0640 e. The van der Waals surface area contributed by atoms with Crippen molar-refractivity contribution >= 4 is 11.6 Å². The van der Waals surface area contributed by atoms with Gasteiger partial charge in [0.25, 0.3) is 0 Å². The van der Waals surface area contributed by atoms with Crippen LogP contribution in [0.5, 0.6) is 0 Å². The van der Waals surface area contributed by atoms with Gasteiger partial charge in [-0.2, -0.15) is 0 Å². The summed E-state index contributed by atoms with van der Waals surface area (Å²) in [5, 5.41) is 4.17. The molecule has 1 N–H and O–H groups in total. The van der Waals surface area contributed by atoms with E-state index in [2.05, 4.69) is 28.3 Å². The second kappa shape index (κ2) is 6.47. The summed E-state index contributed by atoms with van der Waals surface area (Å²) in [7, 11) is 0. The lowest BCUT2D eigenvalue weighted by molar-refractivity contribution is 0.596. The molecule has 0 aliphatic rings. The molecule has 1 atom stereocenters. The Labute approximate surface area is 112 Å². The number of nitrogens with zero attached hydrogens (tertiary/aromatic N) is 2. The van der Waals surface area contributed by atoms with E-state index in [0.29, 0.717) is 5.02 Å². The van der Waals surface area contributed by atoms with Gasteiger partial charge in [0.2, 0.25) is 0 Å². The van der Waals surface area contributed by atoms with Gasteiger partial charge in [-0.1, -0.05) is 24.6 Å². The first kappa shape index (κ1) is 13.0. The summed E-state index contributed by atoms with van der Waals surface area (Å²) < 4.78 is 0. The lowest BCUT2D eigenvalue weighted by Crippen LogP contribution is -2.23. The normalized spacial score (nSPS) is 12.3. The van der Waals surface area contributed by atoms with Crippen molar-refractivity contribution < 1.29 is 0 Å². The molecule has 0 amide bonds. The number of rotatable bonds is 5. The molecule has 3 nitrogen and oxygen atoms in total. The van der Waals surface area contributed by atoms with Gasteiger partial charge in [-0.25, -0.2) is 0 Å². The molecular formula is C14H16ClN3. The van der Waals surface area contributed by atoms with Crippen LogP contribution in [-0.4, -0.2) is 16.5 Å². The zero-order valence-electron chi connectivity index (χ0n) is 10.3. The second-order valence-electron chi connectivity index (χ2n) is 4.07. The van der Waals surface area contributed by atoms with Crippen molar-refractivity contribution in [2.24, 2.45) is 0 Å². The van der Waals surface area contributed by atoms with Crippen LogP contribution in [0, 0.1) is 0 Å². The largest absolute Gasteiger partial charge is 0.306 e.